The highest BCUT2D eigenvalue weighted by Gasteiger charge is 2.25. The molecule has 0 saturated heterocycles. The molecule has 0 fully saturated rings. The van der Waals surface area contributed by atoms with Gasteiger partial charge in [-0.2, -0.15) is 0 Å². The zero-order valence-corrected chi connectivity index (χ0v) is 11.0. The van der Waals surface area contributed by atoms with Gasteiger partial charge in [-0.05, 0) is 31.2 Å². The molecule has 0 unspecified atom stereocenters. The van der Waals surface area contributed by atoms with Crippen LogP contribution in [-0.4, -0.2) is 22.5 Å². The molecule has 100 valence electrons. The molecule has 2 rings (SSSR count). The minimum absolute atomic E-state index is 0.104. The third kappa shape index (κ3) is 2.80. The monoisotopic (exact) mass is 266 g/mol. The molecule has 2 aromatic rings. The second-order valence-electron chi connectivity index (χ2n) is 4.26. The first-order chi connectivity index (χ1) is 9.61. The molecule has 4 heteroatoms. The maximum atomic E-state index is 12.4. The number of rotatable bonds is 2. The number of benzene rings is 2. The van der Waals surface area contributed by atoms with Crippen molar-refractivity contribution >= 4 is 17.6 Å². The van der Waals surface area contributed by atoms with Crippen LogP contribution in [0.3, 0.4) is 0 Å². The van der Waals surface area contributed by atoms with Gasteiger partial charge >= 0.3 is 0 Å². The molecule has 4 nitrogen and oxygen atoms in total. The molecule has 0 atom stereocenters. The van der Waals surface area contributed by atoms with Crippen LogP contribution in [0.5, 0.6) is 0 Å². The number of carbonyl (C=O) groups excluding carboxylic acids is 2. The van der Waals surface area contributed by atoms with Gasteiger partial charge in [0.1, 0.15) is 5.84 Å². The fourth-order valence-corrected chi connectivity index (χ4v) is 1.82. The van der Waals surface area contributed by atoms with Crippen molar-refractivity contribution in [1.29, 1.82) is 5.41 Å². The van der Waals surface area contributed by atoms with Crippen LogP contribution in [0, 0.1) is 5.41 Å². The van der Waals surface area contributed by atoms with Gasteiger partial charge in [0.05, 0.1) is 0 Å². The Morgan fingerprint density at radius 1 is 0.800 bits per heavy atom. The third-order valence-corrected chi connectivity index (χ3v) is 2.78. The summed E-state index contributed by atoms with van der Waals surface area (Å²) in [6, 6.07) is 16.9. The summed E-state index contributed by atoms with van der Waals surface area (Å²) >= 11 is 0. The van der Waals surface area contributed by atoms with Gasteiger partial charge in [0, 0.05) is 11.1 Å². The summed E-state index contributed by atoms with van der Waals surface area (Å²) in [5, 5.41) is 7.70. The summed E-state index contributed by atoms with van der Waals surface area (Å²) in [5.41, 5.74) is 0.756. The minimum Gasteiger partial charge on any atom is -0.288 e. The van der Waals surface area contributed by atoms with Crippen LogP contribution < -0.4 is 0 Å². The van der Waals surface area contributed by atoms with Crippen molar-refractivity contribution in [2.45, 2.75) is 6.92 Å². The number of hydrogen-bond donors (Lipinski definition) is 1. The molecule has 0 bridgehead atoms. The van der Waals surface area contributed by atoms with Crippen molar-refractivity contribution in [3.8, 4) is 0 Å². The third-order valence-electron chi connectivity index (χ3n) is 2.78. The van der Waals surface area contributed by atoms with E-state index in [1.54, 1.807) is 60.7 Å². The summed E-state index contributed by atoms with van der Waals surface area (Å²) in [5.74, 6) is -1.09. The van der Waals surface area contributed by atoms with Crippen LogP contribution >= 0.6 is 0 Å². The standard InChI is InChI=1S/C16H14N2O2/c1-12(17)18(15(19)13-8-4-2-5-9-13)16(20)14-10-6-3-7-11-14/h2-11,17H,1H3. The van der Waals surface area contributed by atoms with Gasteiger partial charge in [-0.1, -0.05) is 36.4 Å². The van der Waals surface area contributed by atoms with Crippen molar-refractivity contribution < 1.29 is 9.59 Å². The normalized spacial score (nSPS) is 9.85. The predicted octanol–water partition coefficient (Wildman–Crippen LogP) is 2.97. The zero-order valence-electron chi connectivity index (χ0n) is 11.0. The second-order valence-corrected chi connectivity index (χ2v) is 4.26. The maximum absolute atomic E-state index is 12.4. The molecule has 2 amide bonds. The molecular formula is C16H14N2O2. The number of amidine groups is 1. The molecular weight excluding hydrogens is 252 g/mol. The van der Waals surface area contributed by atoms with Gasteiger partial charge in [-0.15, -0.1) is 0 Å². The smallest absolute Gasteiger partial charge is 0.266 e. The van der Waals surface area contributed by atoms with Gasteiger partial charge < -0.3 is 0 Å². The quantitative estimate of drug-likeness (QED) is 0.516. The van der Waals surface area contributed by atoms with E-state index in [1.807, 2.05) is 0 Å². The van der Waals surface area contributed by atoms with Gasteiger partial charge in [0.15, 0.2) is 0 Å². The maximum Gasteiger partial charge on any atom is 0.266 e. The Morgan fingerprint density at radius 3 is 1.45 bits per heavy atom. The summed E-state index contributed by atoms with van der Waals surface area (Å²) in [4.78, 5) is 25.6. The van der Waals surface area contributed by atoms with Crippen LogP contribution in [0.1, 0.15) is 27.6 Å². The van der Waals surface area contributed by atoms with Gasteiger partial charge in [0.2, 0.25) is 0 Å². The number of hydrogen-bond acceptors (Lipinski definition) is 3. The molecule has 0 radical (unpaired) electrons. The molecule has 0 aliphatic carbocycles. The van der Waals surface area contributed by atoms with E-state index in [0.717, 1.165) is 4.90 Å². The summed E-state index contributed by atoms with van der Waals surface area (Å²) in [6.07, 6.45) is 0. The van der Waals surface area contributed by atoms with Crippen LogP contribution in [0.2, 0.25) is 0 Å². The van der Waals surface area contributed by atoms with Crippen LogP contribution in [-0.2, 0) is 0 Å². The molecule has 2 aromatic carbocycles. The lowest BCUT2D eigenvalue weighted by molar-refractivity contribution is 0.0712. The topological polar surface area (TPSA) is 61.2 Å². The minimum atomic E-state index is -0.494. The van der Waals surface area contributed by atoms with E-state index in [1.165, 1.54) is 6.92 Å². The number of imide groups is 1. The Morgan fingerprint density at radius 2 is 1.15 bits per heavy atom. The number of amides is 2. The Balaban J connectivity index is 2.36. The molecule has 1 N–H and O–H groups in total. The first-order valence-corrected chi connectivity index (χ1v) is 6.15. The van der Waals surface area contributed by atoms with Gasteiger partial charge in [0.25, 0.3) is 11.8 Å². The summed E-state index contributed by atoms with van der Waals surface area (Å²) in [7, 11) is 0. The molecule has 0 spiro atoms. The van der Waals surface area contributed by atoms with E-state index in [4.69, 9.17) is 5.41 Å². The van der Waals surface area contributed by atoms with Crippen molar-refractivity contribution in [2.75, 3.05) is 0 Å². The van der Waals surface area contributed by atoms with E-state index in [0.29, 0.717) is 11.1 Å². The summed E-state index contributed by atoms with van der Waals surface area (Å²) < 4.78 is 0. The average molecular weight is 266 g/mol. The lowest BCUT2D eigenvalue weighted by Crippen LogP contribution is -2.40. The van der Waals surface area contributed by atoms with E-state index >= 15 is 0 Å². The largest absolute Gasteiger partial charge is 0.288 e. The van der Waals surface area contributed by atoms with Crippen LogP contribution in [0.25, 0.3) is 0 Å². The molecule has 0 saturated carbocycles. The average Bonchev–Trinajstić information content (AvgIpc) is 2.48. The lowest BCUT2D eigenvalue weighted by atomic mass is 10.1. The van der Waals surface area contributed by atoms with Crippen molar-refractivity contribution in [1.82, 2.24) is 4.90 Å². The Labute approximate surface area is 117 Å². The van der Waals surface area contributed by atoms with Gasteiger partial charge in [-0.25, -0.2) is 4.90 Å². The van der Waals surface area contributed by atoms with Crippen molar-refractivity contribution in [3.05, 3.63) is 71.8 Å². The van der Waals surface area contributed by atoms with Crippen LogP contribution in [0.4, 0.5) is 0 Å². The molecule has 0 aromatic heterocycles. The lowest BCUT2D eigenvalue weighted by Gasteiger charge is -2.19. The highest BCUT2D eigenvalue weighted by atomic mass is 16.2. The molecule has 0 heterocycles. The summed E-state index contributed by atoms with van der Waals surface area (Å²) in [6.45, 7) is 1.42. The van der Waals surface area contributed by atoms with E-state index in [-0.39, 0.29) is 5.84 Å². The first kappa shape index (κ1) is 13.7. The Bertz CT molecular complexity index is 585. The second kappa shape index (κ2) is 5.93. The van der Waals surface area contributed by atoms with Gasteiger partial charge in [-0.3, -0.25) is 15.0 Å². The Kier molecular flexibility index (Phi) is 4.05. The number of carbonyl (C=O) groups is 2. The first-order valence-electron chi connectivity index (χ1n) is 6.15. The zero-order chi connectivity index (χ0) is 14.5. The van der Waals surface area contributed by atoms with Crippen LogP contribution in [0.15, 0.2) is 60.7 Å². The fourth-order valence-electron chi connectivity index (χ4n) is 1.82. The van der Waals surface area contributed by atoms with Crippen molar-refractivity contribution in [3.63, 3.8) is 0 Å². The highest BCUT2D eigenvalue weighted by Crippen LogP contribution is 2.10. The van der Waals surface area contributed by atoms with Crippen molar-refractivity contribution in [2.24, 2.45) is 0 Å². The Hall–Kier alpha value is -2.75. The highest BCUT2D eigenvalue weighted by molar-refractivity contribution is 6.20. The number of nitrogens with one attached hydrogen (secondary N) is 1. The number of nitrogens with zero attached hydrogens (tertiary/aromatic N) is 1. The van der Waals surface area contributed by atoms with E-state index < -0.39 is 11.8 Å². The van der Waals surface area contributed by atoms with E-state index in [9.17, 15) is 9.59 Å². The molecule has 0 aliphatic rings. The fraction of sp³-hybridized carbons (Fsp3) is 0.0625. The SMILES string of the molecule is CC(=N)N(C(=O)c1ccccc1)C(=O)c1ccccc1. The predicted molar refractivity (Wildman–Crippen MR) is 76.8 cm³/mol. The molecule has 20 heavy (non-hydrogen) atoms. The molecule has 0 aliphatic heterocycles. The van der Waals surface area contributed by atoms with E-state index in [2.05, 4.69) is 0 Å².